The van der Waals surface area contributed by atoms with E-state index in [1.165, 1.54) is 6.07 Å². The van der Waals surface area contributed by atoms with Crippen molar-refractivity contribution in [3.8, 4) is 0 Å². The van der Waals surface area contributed by atoms with E-state index in [1.807, 2.05) is 24.4 Å². The third-order valence-electron chi connectivity index (χ3n) is 3.80. The summed E-state index contributed by atoms with van der Waals surface area (Å²) in [5.41, 5.74) is 7.77. The molecule has 0 saturated carbocycles. The molecule has 1 aromatic heterocycles. The lowest BCUT2D eigenvalue weighted by Gasteiger charge is -2.36. The molecule has 4 nitrogen and oxygen atoms in total. The maximum Gasteiger partial charge on any atom is 0.148 e. The van der Waals surface area contributed by atoms with E-state index in [9.17, 15) is 4.39 Å². The summed E-state index contributed by atoms with van der Waals surface area (Å²) < 4.78 is 13.9. The molecule has 1 aromatic carbocycles. The Morgan fingerprint density at radius 3 is 2.57 bits per heavy atom. The van der Waals surface area contributed by atoms with Crippen LogP contribution >= 0.6 is 0 Å². The minimum Gasteiger partial charge on any atom is -0.399 e. The fraction of sp³-hybridized carbons (Fsp3) is 0.312. The zero-order chi connectivity index (χ0) is 14.7. The van der Waals surface area contributed by atoms with Crippen LogP contribution in [0.2, 0.25) is 0 Å². The summed E-state index contributed by atoms with van der Waals surface area (Å²) in [6.07, 6.45) is 1.81. The summed E-state index contributed by atoms with van der Waals surface area (Å²) in [5.74, 6) is -0.242. The van der Waals surface area contributed by atoms with Gasteiger partial charge in [0.25, 0.3) is 0 Å². The molecule has 2 N–H and O–H groups in total. The molecule has 110 valence electrons. The number of hydrogen-bond acceptors (Lipinski definition) is 4. The summed E-state index contributed by atoms with van der Waals surface area (Å²) in [5, 5.41) is 0. The van der Waals surface area contributed by atoms with E-state index in [1.54, 1.807) is 12.1 Å². The average Bonchev–Trinajstić information content (AvgIpc) is 2.49. The van der Waals surface area contributed by atoms with Gasteiger partial charge in [0.05, 0.1) is 11.4 Å². The van der Waals surface area contributed by atoms with Crippen molar-refractivity contribution in [3.63, 3.8) is 0 Å². The molecule has 21 heavy (non-hydrogen) atoms. The number of hydrogen-bond donors (Lipinski definition) is 1. The molecule has 0 bridgehead atoms. The van der Waals surface area contributed by atoms with Gasteiger partial charge < -0.3 is 10.6 Å². The molecule has 0 amide bonds. The van der Waals surface area contributed by atoms with Crippen molar-refractivity contribution in [3.05, 3.63) is 54.1 Å². The third-order valence-corrected chi connectivity index (χ3v) is 3.80. The number of piperazine rings is 1. The fourth-order valence-electron chi connectivity index (χ4n) is 2.65. The lowest BCUT2D eigenvalue weighted by Crippen LogP contribution is -2.46. The molecule has 2 aromatic rings. The van der Waals surface area contributed by atoms with E-state index in [-0.39, 0.29) is 5.82 Å². The molecule has 1 aliphatic heterocycles. The number of aromatic nitrogens is 1. The number of pyridine rings is 1. The normalized spacial score (nSPS) is 16.1. The lowest BCUT2D eigenvalue weighted by atomic mass is 10.2. The van der Waals surface area contributed by atoms with Crippen molar-refractivity contribution in [1.82, 2.24) is 9.88 Å². The van der Waals surface area contributed by atoms with Gasteiger partial charge >= 0.3 is 0 Å². The Kier molecular flexibility index (Phi) is 4.01. The van der Waals surface area contributed by atoms with Gasteiger partial charge in [-0.15, -0.1) is 0 Å². The topological polar surface area (TPSA) is 45.4 Å². The maximum atomic E-state index is 13.9. The van der Waals surface area contributed by atoms with Crippen LogP contribution in [-0.4, -0.2) is 36.1 Å². The second kappa shape index (κ2) is 6.10. The second-order valence-electron chi connectivity index (χ2n) is 5.30. The molecular weight excluding hydrogens is 267 g/mol. The Morgan fingerprint density at radius 1 is 1.10 bits per heavy atom. The molecule has 0 aliphatic carbocycles. The van der Waals surface area contributed by atoms with Gasteiger partial charge in [-0.3, -0.25) is 9.88 Å². The first-order chi connectivity index (χ1) is 10.2. The number of nitrogen functional groups attached to an aromatic ring is 1. The highest BCUT2D eigenvalue weighted by Crippen LogP contribution is 2.23. The molecule has 3 rings (SSSR count). The molecule has 0 spiro atoms. The van der Waals surface area contributed by atoms with Gasteiger partial charge in [-0.05, 0) is 30.3 Å². The summed E-state index contributed by atoms with van der Waals surface area (Å²) in [6.45, 7) is 4.28. The van der Waals surface area contributed by atoms with Crippen LogP contribution in [-0.2, 0) is 6.54 Å². The van der Waals surface area contributed by atoms with Crippen LogP contribution in [0.3, 0.4) is 0 Å². The zero-order valence-electron chi connectivity index (χ0n) is 11.9. The molecule has 5 heteroatoms. The first-order valence-electron chi connectivity index (χ1n) is 7.14. The lowest BCUT2D eigenvalue weighted by molar-refractivity contribution is 0.246. The van der Waals surface area contributed by atoms with Crippen LogP contribution in [0.4, 0.5) is 15.8 Å². The van der Waals surface area contributed by atoms with Gasteiger partial charge in [0.2, 0.25) is 0 Å². The number of nitrogens with zero attached hydrogens (tertiary/aromatic N) is 3. The Labute approximate surface area is 124 Å². The van der Waals surface area contributed by atoms with Crippen molar-refractivity contribution in [2.45, 2.75) is 6.54 Å². The molecule has 0 unspecified atom stereocenters. The summed E-state index contributed by atoms with van der Waals surface area (Å²) in [6, 6.07) is 10.9. The second-order valence-corrected chi connectivity index (χ2v) is 5.30. The number of nitrogens with two attached hydrogens (primary N) is 1. The highest BCUT2D eigenvalue weighted by molar-refractivity contribution is 5.54. The summed E-state index contributed by atoms with van der Waals surface area (Å²) in [7, 11) is 0. The fourth-order valence-corrected chi connectivity index (χ4v) is 2.65. The third kappa shape index (κ3) is 3.31. The maximum absolute atomic E-state index is 13.9. The van der Waals surface area contributed by atoms with Crippen LogP contribution in [0, 0.1) is 5.82 Å². The minimum absolute atomic E-state index is 0.242. The van der Waals surface area contributed by atoms with Crippen LogP contribution in [0.1, 0.15) is 5.69 Å². The smallest absolute Gasteiger partial charge is 0.148 e. The average molecular weight is 286 g/mol. The van der Waals surface area contributed by atoms with E-state index in [4.69, 9.17) is 5.73 Å². The Morgan fingerprint density at radius 2 is 1.90 bits per heavy atom. The molecule has 0 atom stereocenters. The van der Waals surface area contributed by atoms with Crippen molar-refractivity contribution < 1.29 is 4.39 Å². The predicted octanol–water partition coefficient (Wildman–Crippen LogP) is 2.13. The van der Waals surface area contributed by atoms with Crippen LogP contribution < -0.4 is 10.6 Å². The molecule has 1 aliphatic rings. The highest BCUT2D eigenvalue weighted by atomic mass is 19.1. The molecular formula is C16H19FN4. The van der Waals surface area contributed by atoms with Gasteiger partial charge in [0.1, 0.15) is 5.82 Å². The van der Waals surface area contributed by atoms with Gasteiger partial charge in [-0.25, -0.2) is 4.39 Å². The van der Waals surface area contributed by atoms with E-state index < -0.39 is 0 Å². The first-order valence-corrected chi connectivity index (χ1v) is 7.14. The Balaban J connectivity index is 1.60. The van der Waals surface area contributed by atoms with E-state index in [0.717, 1.165) is 38.4 Å². The van der Waals surface area contributed by atoms with Crippen molar-refractivity contribution >= 4 is 11.4 Å². The van der Waals surface area contributed by atoms with E-state index in [2.05, 4.69) is 14.8 Å². The summed E-state index contributed by atoms with van der Waals surface area (Å²) >= 11 is 0. The van der Waals surface area contributed by atoms with Gasteiger partial charge in [0.15, 0.2) is 0 Å². The van der Waals surface area contributed by atoms with Crippen molar-refractivity contribution in [2.75, 3.05) is 36.8 Å². The molecule has 1 fully saturated rings. The number of benzene rings is 1. The monoisotopic (exact) mass is 286 g/mol. The molecule has 0 radical (unpaired) electrons. The van der Waals surface area contributed by atoms with E-state index >= 15 is 0 Å². The van der Waals surface area contributed by atoms with E-state index in [0.29, 0.717) is 11.4 Å². The van der Waals surface area contributed by atoms with Crippen LogP contribution in [0.15, 0.2) is 42.6 Å². The van der Waals surface area contributed by atoms with Gasteiger partial charge in [-0.1, -0.05) is 6.07 Å². The number of rotatable bonds is 3. The predicted molar refractivity (Wildman–Crippen MR) is 82.5 cm³/mol. The first kappa shape index (κ1) is 13.8. The largest absolute Gasteiger partial charge is 0.399 e. The van der Waals surface area contributed by atoms with Crippen LogP contribution in [0.5, 0.6) is 0 Å². The Bertz CT molecular complexity index is 594. The molecule has 2 heterocycles. The summed E-state index contributed by atoms with van der Waals surface area (Å²) in [4.78, 5) is 8.76. The van der Waals surface area contributed by atoms with Gasteiger partial charge in [0, 0.05) is 44.6 Å². The number of anilines is 2. The van der Waals surface area contributed by atoms with Crippen LogP contribution in [0.25, 0.3) is 0 Å². The zero-order valence-corrected chi connectivity index (χ0v) is 11.9. The standard InChI is InChI=1S/C16H19FN4/c17-15-11-13(18)4-5-16(15)21-9-7-20(8-10-21)12-14-3-1-2-6-19-14/h1-6,11H,7-10,12,18H2. The number of halogens is 1. The van der Waals surface area contributed by atoms with Gasteiger partial charge in [-0.2, -0.15) is 0 Å². The highest BCUT2D eigenvalue weighted by Gasteiger charge is 2.19. The Hall–Kier alpha value is -2.14. The SMILES string of the molecule is Nc1ccc(N2CCN(Cc3ccccn3)CC2)c(F)c1. The molecule has 1 saturated heterocycles. The quantitative estimate of drug-likeness (QED) is 0.878. The minimum atomic E-state index is -0.242. The van der Waals surface area contributed by atoms with Crippen molar-refractivity contribution in [1.29, 1.82) is 0 Å². The van der Waals surface area contributed by atoms with Crippen molar-refractivity contribution in [2.24, 2.45) is 0 Å².